The standard InChI is InChI=1S/C14H9N3OS2/c18-12-7-19-13(17-12)14-16-10-5-4-9(6-11(10)20-14)15-8-2-1-3-8/h1-7,15,18H. The van der Waals surface area contributed by atoms with Crippen LogP contribution in [0.5, 0.6) is 5.88 Å². The Kier molecular flexibility index (Phi) is 2.58. The minimum Gasteiger partial charge on any atom is -0.493 e. The minimum atomic E-state index is 0.0512. The van der Waals surface area contributed by atoms with E-state index in [1.807, 2.05) is 30.4 Å². The number of anilines is 1. The van der Waals surface area contributed by atoms with Crippen LogP contribution in [0.15, 0.2) is 47.5 Å². The summed E-state index contributed by atoms with van der Waals surface area (Å²) >= 11 is 2.98. The van der Waals surface area contributed by atoms with Gasteiger partial charge < -0.3 is 10.4 Å². The highest BCUT2D eigenvalue weighted by Crippen LogP contribution is 2.34. The molecule has 0 fully saturated rings. The number of rotatable bonds is 3. The summed E-state index contributed by atoms with van der Waals surface area (Å²) in [6.45, 7) is 0. The molecule has 1 aliphatic rings. The van der Waals surface area contributed by atoms with E-state index in [1.54, 1.807) is 16.7 Å². The Morgan fingerprint density at radius 3 is 2.75 bits per heavy atom. The maximum absolute atomic E-state index is 9.32. The number of fused-ring (bicyclic) bond motifs is 1. The third kappa shape index (κ3) is 1.99. The molecule has 0 saturated heterocycles. The van der Waals surface area contributed by atoms with Crippen LogP contribution < -0.4 is 5.32 Å². The summed E-state index contributed by atoms with van der Waals surface area (Å²) < 4.78 is 1.10. The van der Waals surface area contributed by atoms with E-state index >= 15 is 0 Å². The Balaban J connectivity index is 1.71. The Morgan fingerprint density at radius 1 is 1.15 bits per heavy atom. The third-order valence-corrected chi connectivity index (χ3v) is 4.89. The number of allylic oxidation sites excluding steroid dienone is 3. The molecule has 1 aliphatic carbocycles. The summed E-state index contributed by atoms with van der Waals surface area (Å²) in [5.41, 5.74) is 3.10. The zero-order valence-electron chi connectivity index (χ0n) is 10.2. The molecule has 2 heterocycles. The number of nitrogens with zero attached hydrogens (tertiary/aromatic N) is 2. The zero-order valence-corrected chi connectivity index (χ0v) is 11.8. The first-order valence-corrected chi connectivity index (χ1v) is 7.68. The minimum absolute atomic E-state index is 0.0512. The lowest BCUT2D eigenvalue weighted by molar-refractivity contribution is 0.458. The van der Waals surface area contributed by atoms with Gasteiger partial charge in [0.1, 0.15) is 0 Å². The van der Waals surface area contributed by atoms with Crippen molar-refractivity contribution in [2.75, 3.05) is 5.32 Å². The van der Waals surface area contributed by atoms with Crippen molar-refractivity contribution in [3.63, 3.8) is 0 Å². The second kappa shape index (κ2) is 4.43. The van der Waals surface area contributed by atoms with Gasteiger partial charge in [0.2, 0.25) is 5.88 Å². The highest BCUT2D eigenvalue weighted by atomic mass is 32.1. The van der Waals surface area contributed by atoms with E-state index in [0.29, 0.717) is 0 Å². The van der Waals surface area contributed by atoms with E-state index in [2.05, 4.69) is 21.4 Å². The van der Waals surface area contributed by atoms with Crippen LogP contribution in [0, 0.1) is 0 Å². The third-order valence-electron chi connectivity index (χ3n) is 2.90. The summed E-state index contributed by atoms with van der Waals surface area (Å²) in [5.74, 6) is 0.0512. The molecule has 4 rings (SSSR count). The molecule has 1 aromatic carbocycles. The predicted molar refractivity (Wildman–Crippen MR) is 83.2 cm³/mol. The largest absolute Gasteiger partial charge is 0.493 e. The van der Waals surface area contributed by atoms with E-state index in [0.717, 1.165) is 31.6 Å². The van der Waals surface area contributed by atoms with Crippen LogP contribution in [0.4, 0.5) is 5.69 Å². The lowest BCUT2D eigenvalue weighted by atomic mass is 10.2. The molecule has 2 N–H and O–H groups in total. The molecule has 98 valence electrons. The summed E-state index contributed by atoms with van der Waals surface area (Å²) in [6, 6.07) is 6.09. The lowest BCUT2D eigenvalue weighted by Gasteiger charge is -2.10. The molecule has 0 atom stereocenters. The van der Waals surface area contributed by atoms with Crippen molar-refractivity contribution in [1.82, 2.24) is 9.97 Å². The van der Waals surface area contributed by atoms with Gasteiger partial charge in [-0.2, -0.15) is 4.98 Å². The molecule has 0 bridgehead atoms. The number of hydrogen-bond acceptors (Lipinski definition) is 6. The SMILES string of the molecule is Oc1csc(-c2nc3ccc(NC4=CC=C4)cc3s2)n1. The molecule has 20 heavy (non-hydrogen) atoms. The highest BCUT2D eigenvalue weighted by Gasteiger charge is 2.11. The topological polar surface area (TPSA) is 58.0 Å². The fourth-order valence-corrected chi connectivity index (χ4v) is 3.62. The number of thiazole rings is 2. The molecule has 0 aliphatic heterocycles. The van der Waals surface area contributed by atoms with E-state index in [9.17, 15) is 5.11 Å². The van der Waals surface area contributed by atoms with Crippen LogP contribution in [0.3, 0.4) is 0 Å². The average Bonchev–Trinajstić information content (AvgIpc) is 2.99. The van der Waals surface area contributed by atoms with Crippen molar-refractivity contribution < 1.29 is 5.11 Å². The fourth-order valence-electron chi connectivity index (χ4n) is 1.90. The van der Waals surface area contributed by atoms with Crippen LogP contribution >= 0.6 is 22.7 Å². The summed E-state index contributed by atoms with van der Waals surface area (Å²) in [5, 5.41) is 15.8. The molecule has 2 aromatic heterocycles. The van der Waals surface area contributed by atoms with Gasteiger partial charge in [0.25, 0.3) is 0 Å². The van der Waals surface area contributed by atoms with Crippen LogP contribution in [-0.2, 0) is 0 Å². The van der Waals surface area contributed by atoms with E-state index < -0.39 is 0 Å². The monoisotopic (exact) mass is 299 g/mol. The predicted octanol–water partition coefficient (Wildman–Crippen LogP) is 3.99. The molecule has 0 radical (unpaired) electrons. The van der Waals surface area contributed by atoms with Gasteiger partial charge in [-0.25, -0.2) is 4.98 Å². The first kappa shape index (κ1) is 11.6. The smallest absolute Gasteiger partial charge is 0.222 e. The second-order valence-electron chi connectivity index (χ2n) is 4.32. The molecule has 0 spiro atoms. The van der Waals surface area contributed by atoms with Crippen LogP contribution in [-0.4, -0.2) is 15.1 Å². The van der Waals surface area contributed by atoms with Crippen molar-refractivity contribution in [3.05, 3.63) is 47.5 Å². The van der Waals surface area contributed by atoms with Gasteiger partial charge in [0.15, 0.2) is 10.0 Å². The number of aromatic hydroxyl groups is 1. The second-order valence-corrected chi connectivity index (χ2v) is 6.21. The number of nitrogens with one attached hydrogen (secondary N) is 1. The summed E-state index contributed by atoms with van der Waals surface area (Å²) in [4.78, 5) is 8.61. The zero-order chi connectivity index (χ0) is 13.5. The van der Waals surface area contributed by atoms with Gasteiger partial charge in [-0.15, -0.1) is 22.7 Å². The molecule has 0 saturated carbocycles. The van der Waals surface area contributed by atoms with Gasteiger partial charge in [0.05, 0.1) is 15.6 Å². The van der Waals surface area contributed by atoms with Crippen molar-refractivity contribution in [1.29, 1.82) is 0 Å². The summed E-state index contributed by atoms with van der Waals surface area (Å²) in [6.07, 6.45) is 6.06. The van der Waals surface area contributed by atoms with Crippen molar-refractivity contribution >= 4 is 38.6 Å². The highest BCUT2D eigenvalue weighted by molar-refractivity contribution is 7.25. The molecule has 4 nitrogen and oxygen atoms in total. The first-order valence-electron chi connectivity index (χ1n) is 5.99. The van der Waals surface area contributed by atoms with Gasteiger partial charge in [-0.3, -0.25) is 0 Å². The Bertz CT molecular complexity index is 860. The molecule has 3 aromatic rings. The van der Waals surface area contributed by atoms with Crippen molar-refractivity contribution in [2.45, 2.75) is 0 Å². The number of benzene rings is 1. The van der Waals surface area contributed by atoms with E-state index in [-0.39, 0.29) is 5.88 Å². The van der Waals surface area contributed by atoms with Crippen LogP contribution in [0.25, 0.3) is 20.2 Å². The van der Waals surface area contributed by atoms with Gasteiger partial charge in [-0.1, -0.05) is 6.08 Å². The van der Waals surface area contributed by atoms with Crippen LogP contribution in [0.2, 0.25) is 0 Å². The van der Waals surface area contributed by atoms with Gasteiger partial charge in [0, 0.05) is 11.4 Å². The fraction of sp³-hybridized carbons (Fsp3) is 0. The Labute approximate surface area is 122 Å². The average molecular weight is 299 g/mol. The molecular formula is C14H9N3OS2. The van der Waals surface area contributed by atoms with Crippen molar-refractivity contribution in [3.8, 4) is 15.9 Å². The first-order chi connectivity index (χ1) is 9.78. The van der Waals surface area contributed by atoms with Crippen LogP contribution in [0.1, 0.15) is 0 Å². The quantitative estimate of drug-likeness (QED) is 0.767. The van der Waals surface area contributed by atoms with E-state index in [4.69, 9.17) is 0 Å². The number of hydrogen-bond donors (Lipinski definition) is 2. The lowest BCUT2D eigenvalue weighted by Crippen LogP contribution is -1.99. The molecule has 0 unspecified atom stereocenters. The molecule has 0 amide bonds. The van der Waals surface area contributed by atoms with Gasteiger partial charge in [-0.05, 0) is 30.4 Å². The normalized spacial score (nSPS) is 13.3. The van der Waals surface area contributed by atoms with Gasteiger partial charge >= 0.3 is 0 Å². The Morgan fingerprint density at radius 2 is 2.05 bits per heavy atom. The number of aromatic nitrogens is 2. The van der Waals surface area contributed by atoms with E-state index in [1.165, 1.54) is 11.3 Å². The Hall–Kier alpha value is -2.18. The summed E-state index contributed by atoms with van der Waals surface area (Å²) in [7, 11) is 0. The molecular weight excluding hydrogens is 290 g/mol. The maximum atomic E-state index is 9.32. The molecule has 6 heteroatoms. The maximum Gasteiger partial charge on any atom is 0.222 e. The van der Waals surface area contributed by atoms with Crippen molar-refractivity contribution in [2.24, 2.45) is 0 Å².